The summed E-state index contributed by atoms with van der Waals surface area (Å²) in [6, 6.07) is 19.0. The maximum absolute atomic E-state index is 13.2. The molecule has 2 aromatic carbocycles. The Labute approximate surface area is 308 Å². The van der Waals surface area contributed by atoms with Crippen LogP contribution in [0.5, 0.6) is 0 Å². The quantitative estimate of drug-likeness (QED) is 0.143. The molecule has 3 atom stereocenters. The van der Waals surface area contributed by atoms with Crippen LogP contribution in [0.4, 0.5) is 9.59 Å². The van der Waals surface area contributed by atoms with E-state index in [1.165, 1.54) is 24.2 Å². The number of benzene rings is 2. The lowest BCUT2D eigenvalue weighted by Gasteiger charge is -2.33. The fraction of sp³-hybridized carbons (Fsp3) is 0.525. The van der Waals surface area contributed by atoms with Gasteiger partial charge in [-0.25, -0.2) is 19.9 Å². The molecule has 1 aliphatic heterocycles. The lowest BCUT2D eigenvalue weighted by molar-refractivity contribution is 0.0283. The van der Waals surface area contributed by atoms with Crippen LogP contribution < -0.4 is 10.6 Å². The van der Waals surface area contributed by atoms with Gasteiger partial charge in [-0.15, -0.1) is 0 Å². The molecule has 3 N–H and O–H groups in total. The number of aromatic nitrogens is 2. The van der Waals surface area contributed by atoms with Gasteiger partial charge in [0.1, 0.15) is 37.7 Å². The molecule has 2 aliphatic rings. The lowest BCUT2D eigenvalue weighted by atomic mass is 9.83. The number of alkyl carbamates (subject to hydrolysis) is 1. The molecule has 1 fully saturated rings. The third-order valence-electron chi connectivity index (χ3n) is 9.32. The van der Waals surface area contributed by atoms with Crippen LogP contribution in [-0.2, 0) is 34.2 Å². The molecule has 52 heavy (non-hydrogen) atoms. The van der Waals surface area contributed by atoms with E-state index < -0.39 is 23.8 Å². The third kappa shape index (κ3) is 12.2. The Bertz CT molecular complexity index is 1570. The van der Waals surface area contributed by atoms with Crippen molar-refractivity contribution in [2.75, 3.05) is 13.4 Å². The summed E-state index contributed by atoms with van der Waals surface area (Å²) in [7, 11) is 0. The molecule has 1 aromatic heterocycles. The van der Waals surface area contributed by atoms with Crippen molar-refractivity contribution in [1.82, 2.24) is 30.0 Å². The van der Waals surface area contributed by atoms with Gasteiger partial charge in [0.25, 0.3) is 0 Å². The number of amides is 3. The standard InChI is InChI=1S/C40H56N6O6/c1-30(22-34-24-45(38(48)43-39(49)52-40(2,3)4)27-46(34)29-51-26-33-18-12-7-13-19-33)42-35(23-31-14-8-5-9-15-31)36(47)37-41-20-21-44(37)28-50-25-32-16-10-6-11-17-32/h6-7,10-13,16-21,24,30-31,35-36,42,47H,5,8-9,14-15,22-23,25-29H2,1-4H3,(H,43,48,49)/t30-,35+,36-/m1/s1. The third-order valence-corrected chi connectivity index (χ3v) is 9.32. The monoisotopic (exact) mass is 716 g/mol. The smallest absolute Gasteiger partial charge is 0.415 e. The number of nitrogens with zero attached hydrogens (tertiary/aromatic N) is 4. The average Bonchev–Trinajstić information content (AvgIpc) is 3.75. The first kappa shape index (κ1) is 39.0. The van der Waals surface area contributed by atoms with Gasteiger partial charge < -0.3 is 34.1 Å². The van der Waals surface area contributed by atoms with Gasteiger partial charge in [-0.05, 0) is 51.2 Å². The molecule has 0 spiro atoms. The Kier molecular flexibility index (Phi) is 14.3. The number of rotatable bonds is 16. The highest BCUT2D eigenvalue weighted by Gasteiger charge is 2.32. The number of carbonyl (C=O) groups is 2. The summed E-state index contributed by atoms with van der Waals surface area (Å²) in [5.74, 6) is 1.07. The Hall–Kier alpha value is -4.23. The number of hydrogen-bond acceptors (Lipinski definition) is 9. The maximum atomic E-state index is 13.2. The maximum Gasteiger partial charge on any atom is 0.415 e. The second-order valence-corrected chi connectivity index (χ2v) is 14.9. The Balaban J connectivity index is 1.27. The Morgan fingerprint density at radius 3 is 2.21 bits per heavy atom. The summed E-state index contributed by atoms with van der Waals surface area (Å²) >= 11 is 0. The van der Waals surface area contributed by atoms with E-state index in [0.29, 0.717) is 31.4 Å². The largest absolute Gasteiger partial charge is 0.443 e. The summed E-state index contributed by atoms with van der Waals surface area (Å²) < 4.78 is 19.3. The molecule has 1 aliphatic carbocycles. The minimum absolute atomic E-state index is 0.0854. The van der Waals surface area contributed by atoms with Crippen LogP contribution in [0, 0.1) is 5.92 Å². The fourth-order valence-corrected chi connectivity index (χ4v) is 6.84. The van der Waals surface area contributed by atoms with E-state index in [1.807, 2.05) is 76.3 Å². The molecule has 0 bridgehead atoms. The van der Waals surface area contributed by atoms with E-state index in [9.17, 15) is 14.7 Å². The van der Waals surface area contributed by atoms with Gasteiger partial charge in [0.05, 0.1) is 13.2 Å². The average molecular weight is 717 g/mol. The van der Waals surface area contributed by atoms with Crippen LogP contribution in [0.1, 0.15) is 95.7 Å². The van der Waals surface area contributed by atoms with Crippen molar-refractivity contribution in [3.8, 4) is 0 Å². The minimum Gasteiger partial charge on any atom is -0.443 e. The predicted octanol–water partition coefficient (Wildman–Crippen LogP) is 7.03. The molecule has 12 heteroatoms. The van der Waals surface area contributed by atoms with Gasteiger partial charge in [0, 0.05) is 42.8 Å². The van der Waals surface area contributed by atoms with Crippen LogP contribution in [0.2, 0.25) is 0 Å². The first-order valence-corrected chi connectivity index (χ1v) is 18.5. The molecule has 1 saturated carbocycles. The van der Waals surface area contributed by atoms with E-state index in [4.69, 9.17) is 14.2 Å². The zero-order valence-corrected chi connectivity index (χ0v) is 31.1. The van der Waals surface area contributed by atoms with Crippen molar-refractivity contribution < 1.29 is 28.9 Å². The van der Waals surface area contributed by atoms with Gasteiger partial charge in [-0.2, -0.15) is 0 Å². The summed E-state index contributed by atoms with van der Waals surface area (Å²) in [6.45, 7) is 8.94. The van der Waals surface area contributed by atoms with Gasteiger partial charge in [0.15, 0.2) is 0 Å². The molecular formula is C40H56N6O6. The second kappa shape index (κ2) is 19.0. The topological polar surface area (TPSA) is 130 Å². The van der Waals surface area contributed by atoms with Crippen molar-refractivity contribution in [2.24, 2.45) is 5.92 Å². The first-order valence-electron chi connectivity index (χ1n) is 18.5. The van der Waals surface area contributed by atoms with Crippen LogP contribution in [0.25, 0.3) is 0 Å². The highest BCUT2D eigenvalue weighted by Crippen LogP contribution is 2.31. The Morgan fingerprint density at radius 1 is 0.942 bits per heavy atom. The zero-order chi connectivity index (χ0) is 36.9. The minimum atomic E-state index is -0.862. The molecule has 5 rings (SSSR count). The molecule has 2 heterocycles. The van der Waals surface area contributed by atoms with Gasteiger partial charge in [0.2, 0.25) is 0 Å². The van der Waals surface area contributed by atoms with Gasteiger partial charge in [-0.1, -0.05) is 92.8 Å². The SMILES string of the molecule is C[C@H](CC1=CN(C(=O)NC(=O)OC(C)(C)C)CN1COCc1ccccc1)N[C@@H](CC1CCCCC1)[C@@H](O)c1nccn1COCc1ccccc1. The summed E-state index contributed by atoms with van der Waals surface area (Å²) in [4.78, 5) is 33.6. The predicted molar refractivity (Wildman–Crippen MR) is 198 cm³/mol. The van der Waals surface area contributed by atoms with Gasteiger partial charge in [-0.3, -0.25) is 4.90 Å². The zero-order valence-electron chi connectivity index (χ0n) is 31.1. The van der Waals surface area contributed by atoms with Crippen LogP contribution in [0.3, 0.4) is 0 Å². The van der Waals surface area contributed by atoms with E-state index in [1.54, 1.807) is 33.2 Å². The molecule has 282 valence electrons. The molecule has 0 saturated heterocycles. The van der Waals surface area contributed by atoms with E-state index in [0.717, 1.165) is 36.1 Å². The number of urea groups is 1. The molecule has 0 unspecified atom stereocenters. The number of aliphatic hydroxyl groups excluding tert-OH is 1. The Morgan fingerprint density at radius 2 is 1.58 bits per heavy atom. The molecular weight excluding hydrogens is 660 g/mol. The van der Waals surface area contributed by atoms with Crippen LogP contribution in [-0.4, -0.2) is 67.7 Å². The fourth-order valence-electron chi connectivity index (χ4n) is 6.84. The number of imidazole rings is 1. The lowest BCUT2D eigenvalue weighted by Crippen LogP contribution is -2.44. The summed E-state index contributed by atoms with van der Waals surface area (Å²) in [6.07, 6.45) is 11.0. The highest BCUT2D eigenvalue weighted by atomic mass is 16.6. The first-order chi connectivity index (χ1) is 25.0. The molecule has 3 aromatic rings. The number of nitrogens with one attached hydrogen (secondary N) is 2. The second-order valence-electron chi connectivity index (χ2n) is 14.9. The summed E-state index contributed by atoms with van der Waals surface area (Å²) in [5.41, 5.74) is 2.26. The van der Waals surface area contributed by atoms with E-state index in [-0.39, 0.29) is 32.2 Å². The van der Waals surface area contributed by atoms with E-state index >= 15 is 0 Å². The molecule has 0 radical (unpaired) electrons. The number of aliphatic hydroxyl groups is 1. The van der Waals surface area contributed by atoms with Crippen molar-refractivity contribution in [3.05, 3.63) is 102 Å². The van der Waals surface area contributed by atoms with Crippen molar-refractivity contribution >= 4 is 12.1 Å². The highest BCUT2D eigenvalue weighted by molar-refractivity contribution is 5.91. The number of ether oxygens (including phenoxy) is 3. The van der Waals surface area contributed by atoms with Crippen molar-refractivity contribution in [3.63, 3.8) is 0 Å². The summed E-state index contributed by atoms with van der Waals surface area (Å²) in [5, 5.41) is 18.0. The van der Waals surface area contributed by atoms with Crippen LogP contribution >= 0.6 is 0 Å². The number of hydrogen-bond donors (Lipinski definition) is 3. The molecule has 3 amide bonds. The van der Waals surface area contributed by atoms with E-state index in [2.05, 4.69) is 22.5 Å². The number of imide groups is 1. The van der Waals surface area contributed by atoms with Crippen LogP contribution in [0.15, 0.2) is 85.0 Å². The van der Waals surface area contributed by atoms with Crippen molar-refractivity contribution in [1.29, 1.82) is 0 Å². The normalized spacial score (nSPS) is 17.1. The molecule has 12 nitrogen and oxygen atoms in total. The number of carbonyl (C=O) groups excluding carboxylic acids is 2. The van der Waals surface area contributed by atoms with Gasteiger partial charge >= 0.3 is 12.1 Å². The van der Waals surface area contributed by atoms with Crippen molar-refractivity contribution in [2.45, 2.75) is 116 Å².